The zero-order valence-corrected chi connectivity index (χ0v) is 35.9. The van der Waals surface area contributed by atoms with Gasteiger partial charge in [0.15, 0.2) is 0 Å². The highest BCUT2D eigenvalue weighted by molar-refractivity contribution is 5.94. The monoisotopic (exact) mass is 826 g/mol. The third-order valence-electron chi connectivity index (χ3n) is 11.7. The Morgan fingerprint density at radius 3 is 1.47 bits per heavy atom. The first kappa shape index (κ1) is 40.3. The molecule has 8 aromatic rings. The van der Waals surface area contributed by atoms with Gasteiger partial charge in [0.05, 0.1) is 58.8 Å². The molecule has 0 spiro atoms. The van der Waals surface area contributed by atoms with Crippen LogP contribution >= 0.6 is 0 Å². The Morgan fingerprint density at radius 2 is 1.06 bits per heavy atom. The van der Waals surface area contributed by atoms with Crippen LogP contribution in [0.15, 0.2) is 122 Å². The number of hydrogen-bond acceptors (Lipinski definition) is 8. The van der Waals surface area contributed by atoms with E-state index in [1.807, 2.05) is 156 Å². The number of amides is 1. The molecular formula is C51H50N6O5. The number of benzene rings is 4. The minimum atomic E-state index is -1.35. The SMILES string of the molecule is CCOc1cnc2c(C3(c4c(Oc5c(C)cccc5C)n(-c5ccccc5)c5cc(OCC)cnc45)CNCCN3C=O)c(Oc3c(C)cccc3C)n(-c3ccccc3)c2c1. The second-order valence-corrected chi connectivity index (χ2v) is 15.6. The van der Waals surface area contributed by atoms with Crippen molar-refractivity contribution in [2.24, 2.45) is 0 Å². The number of aryl methyl sites for hydroxylation is 4. The summed E-state index contributed by atoms with van der Waals surface area (Å²) in [6.45, 7) is 14.2. The van der Waals surface area contributed by atoms with Gasteiger partial charge in [0.2, 0.25) is 18.2 Å². The van der Waals surface area contributed by atoms with Gasteiger partial charge in [-0.05, 0) is 88.1 Å². The van der Waals surface area contributed by atoms with Crippen LogP contribution in [-0.2, 0) is 10.3 Å². The number of hydrogen-bond donors (Lipinski definition) is 1. The molecule has 4 aromatic carbocycles. The van der Waals surface area contributed by atoms with Crippen LogP contribution in [0.25, 0.3) is 33.4 Å². The summed E-state index contributed by atoms with van der Waals surface area (Å²) in [5.74, 6) is 3.59. The lowest BCUT2D eigenvalue weighted by molar-refractivity contribution is -0.124. The maximum absolute atomic E-state index is 14.1. The van der Waals surface area contributed by atoms with Gasteiger partial charge in [0.1, 0.15) is 28.5 Å². The van der Waals surface area contributed by atoms with Gasteiger partial charge in [0.25, 0.3) is 0 Å². The maximum Gasteiger partial charge on any atom is 0.213 e. The Bertz CT molecular complexity index is 2700. The fourth-order valence-corrected chi connectivity index (χ4v) is 8.94. The number of nitrogens with one attached hydrogen (secondary N) is 1. The summed E-state index contributed by atoms with van der Waals surface area (Å²) in [6.07, 6.45) is 4.43. The molecule has 1 fully saturated rings. The molecule has 0 atom stereocenters. The number of rotatable bonds is 13. The van der Waals surface area contributed by atoms with Crippen molar-refractivity contribution in [2.75, 3.05) is 32.8 Å². The number of carbonyl (C=O) groups is 1. The quantitative estimate of drug-likeness (QED) is 0.115. The van der Waals surface area contributed by atoms with Crippen LogP contribution in [0.5, 0.6) is 34.8 Å². The van der Waals surface area contributed by atoms with E-state index in [1.165, 1.54) is 0 Å². The Morgan fingerprint density at radius 1 is 0.629 bits per heavy atom. The average molecular weight is 827 g/mol. The Labute approximate surface area is 361 Å². The molecule has 0 bridgehead atoms. The van der Waals surface area contributed by atoms with Crippen LogP contribution in [0.3, 0.4) is 0 Å². The smallest absolute Gasteiger partial charge is 0.213 e. The minimum absolute atomic E-state index is 0.267. The van der Waals surface area contributed by atoms with E-state index < -0.39 is 5.54 Å². The van der Waals surface area contributed by atoms with Crippen LogP contribution in [0.4, 0.5) is 0 Å². The molecule has 0 unspecified atom stereocenters. The molecule has 5 heterocycles. The van der Waals surface area contributed by atoms with Gasteiger partial charge >= 0.3 is 0 Å². The van der Waals surface area contributed by atoms with Gasteiger partial charge < -0.3 is 29.2 Å². The number of carbonyl (C=O) groups excluding carboxylic acids is 1. The van der Waals surface area contributed by atoms with Crippen molar-refractivity contribution < 1.29 is 23.7 Å². The number of nitrogens with zero attached hydrogens (tertiary/aromatic N) is 5. The van der Waals surface area contributed by atoms with E-state index in [4.69, 9.17) is 28.9 Å². The van der Waals surface area contributed by atoms with E-state index in [9.17, 15) is 4.79 Å². The molecule has 1 aliphatic heterocycles. The largest absolute Gasteiger partial charge is 0.492 e. The van der Waals surface area contributed by atoms with E-state index in [-0.39, 0.29) is 6.54 Å². The molecule has 0 radical (unpaired) electrons. The molecule has 0 aliphatic carbocycles. The highest BCUT2D eigenvalue weighted by Crippen LogP contribution is 2.55. The van der Waals surface area contributed by atoms with E-state index in [2.05, 4.69) is 14.5 Å². The molecule has 314 valence electrons. The summed E-state index contributed by atoms with van der Waals surface area (Å²) in [5, 5.41) is 3.72. The van der Waals surface area contributed by atoms with Crippen LogP contribution in [0, 0.1) is 27.7 Å². The Kier molecular flexibility index (Phi) is 10.9. The number of pyridine rings is 2. The summed E-state index contributed by atoms with van der Waals surface area (Å²) >= 11 is 0. The average Bonchev–Trinajstić information content (AvgIpc) is 3.79. The highest BCUT2D eigenvalue weighted by atomic mass is 16.5. The first-order valence-electron chi connectivity index (χ1n) is 21.2. The zero-order valence-electron chi connectivity index (χ0n) is 35.9. The van der Waals surface area contributed by atoms with Crippen LogP contribution in [0.2, 0.25) is 0 Å². The van der Waals surface area contributed by atoms with Crippen molar-refractivity contribution >= 4 is 28.5 Å². The van der Waals surface area contributed by atoms with E-state index >= 15 is 0 Å². The molecular weight excluding hydrogens is 777 g/mol. The predicted molar refractivity (Wildman–Crippen MR) is 243 cm³/mol. The van der Waals surface area contributed by atoms with Gasteiger partial charge in [-0.3, -0.25) is 23.9 Å². The molecule has 1 N–H and O–H groups in total. The molecule has 1 amide bonds. The van der Waals surface area contributed by atoms with Crippen LogP contribution < -0.4 is 24.3 Å². The third kappa shape index (κ3) is 6.78. The number of para-hydroxylation sites is 4. The summed E-state index contributed by atoms with van der Waals surface area (Å²) in [4.78, 5) is 26.5. The standard InChI is InChI=1S/C51H50N6O5/c1-7-59-39-27-41-45(53-29-39)43(49(56(41)37-21-11-9-12-22-37)61-47-33(3)17-15-18-34(47)4)51(31-52-25-26-55(51)32-58)44-46-42(28-40(30-54-46)60-8-2)57(38-23-13-10-14-24-38)50(44)62-48-35(5)19-16-20-36(48)6/h9-24,27-30,32,52H,7-8,25-26,31H2,1-6H3. The molecule has 11 heteroatoms. The number of fused-ring (bicyclic) bond motifs is 2. The summed E-state index contributed by atoms with van der Waals surface area (Å²) in [5.41, 5.74) is 8.21. The van der Waals surface area contributed by atoms with Crippen molar-refractivity contribution in [3.63, 3.8) is 0 Å². The van der Waals surface area contributed by atoms with Crippen molar-refractivity contribution in [1.29, 1.82) is 0 Å². The predicted octanol–water partition coefficient (Wildman–Crippen LogP) is 10.3. The molecule has 9 rings (SSSR count). The summed E-state index contributed by atoms with van der Waals surface area (Å²) < 4.78 is 31.2. The highest BCUT2D eigenvalue weighted by Gasteiger charge is 2.52. The van der Waals surface area contributed by atoms with E-state index in [1.54, 1.807) is 12.4 Å². The minimum Gasteiger partial charge on any atom is -0.492 e. The van der Waals surface area contributed by atoms with Crippen molar-refractivity contribution in [3.05, 3.63) is 155 Å². The third-order valence-corrected chi connectivity index (χ3v) is 11.7. The molecule has 62 heavy (non-hydrogen) atoms. The molecule has 4 aromatic heterocycles. The van der Waals surface area contributed by atoms with Crippen molar-refractivity contribution in [3.8, 4) is 46.1 Å². The van der Waals surface area contributed by atoms with Crippen LogP contribution in [-0.4, -0.2) is 63.3 Å². The molecule has 1 aliphatic rings. The van der Waals surface area contributed by atoms with Crippen molar-refractivity contribution in [1.82, 2.24) is 29.3 Å². The molecule has 0 saturated carbocycles. The number of aromatic nitrogens is 4. The number of ether oxygens (including phenoxy) is 4. The first-order valence-corrected chi connectivity index (χ1v) is 21.2. The maximum atomic E-state index is 14.1. The Hall–Kier alpha value is -7.11. The lowest BCUT2D eigenvalue weighted by Gasteiger charge is -2.46. The fourth-order valence-electron chi connectivity index (χ4n) is 8.94. The topological polar surface area (TPSA) is 105 Å². The lowest BCUT2D eigenvalue weighted by Crippen LogP contribution is -2.59. The van der Waals surface area contributed by atoms with Gasteiger partial charge in [-0.25, -0.2) is 0 Å². The number of piperazine rings is 1. The second-order valence-electron chi connectivity index (χ2n) is 15.6. The first-order chi connectivity index (χ1) is 30.3. The fraction of sp³-hybridized carbons (Fsp3) is 0.235. The summed E-state index contributed by atoms with van der Waals surface area (Å²) in [7, 11) is 0. The van der Waals surface area contributed by atoms with Crippen molar-refractivity contribution in [2.45, 2.75) is 47.1 Å². The lowest BCUT2D eigenvalue weighted by atomic mass is 9.80. The van der Waals surface area contributed by atoms with E-state index in [0.717, 1.165) is 51.1 Å². The zero-order chi connectivity index (χ0) is 43.0. The van der Waals surface area contributed by atoms with Gasteiger partial charge in [-0.2, -0.15) is 0 Å². The van der Waals surface area contributed by atoms with Gasteiger partial charge in [0, 0.05) is 43.1 Å². The molecule has 11 nitrogen and oxygen atoms in total. The second kappa shape index (κ2) is 16.7. The summed E-state index contributed by atoms with van der Waals surface area (Å²) in [6, 6.07) is 36.4. The van der Waals surface area contributed by atoms with E-state index in [0.29, 0.717) is 83.2 Å². The van der Waals surface area contributed by atoms with Crippen LogP contribution in [0.1, 0.15) is 47.2 Å². The van der Waals surface area contributed by atoms with Gasteiger partial charge in [-0.15, -0.1) is 0 Å². The normalized spacial score (nSPS) is 13.7. The molecule has 1 saturated heterocycles. The Balaban J connectivity index is 1.51. The van der Waals surface area contributed by atoms with Gasteiger partial charge in [-0.1, -0.05) is 72.8 Å².